The van der Waals surface area contributed by atoms with Gasteiger partial charge in [-0.2, -0.15) is 0 Å². The van der Waals surface area contributed by atoms with Crippen molar-refractivity contribution in [1.82, 2.24) is 30.1 Å². The third kappa shape index (κ3) is 3.73. The lowest BCUT2D eigenvalue weighted by Crippen LogP contribution is -2.39. The highest BCUT2D eigenvalue weighted by molar-refractivity contribution is 5.83. The van der Waals surface area contributed by atoms with E-state index in [1.807, 2.05) is 22.9 Å². The van der Waals surface area contributed by atoms with E-state index in [0.717, 1.165) is 37.8 Å². The molecule has 0 bridgehead atoms. The van der Waals surface area contributed by atoms with Gasteiger partial charge in [-0.25, -0.2) is 4.68 Å². The third-order valence-electron chi connectivity index (χ3n) is 7.39. The Morgan fingerprint density at radius 1 is 1.11 bits per heavy atom. The summed E-state index contributed by atoms with van der Waals surface area (Å²) in [4.78, 5) is 18.9. The molecule has 0 aliphatic carbocycles. The minimum absolute atomic E-state index is 0.0737. The van der Waals surface area contributed by atoms with Gasteiger partial charge in [-0.05, 0) is 52.9 Å². The summed E-state index contributed by atoms with van der Waals surface area (Å²) in [5.74, 6) is 1.96. The fourth-order valence-corrected chi connectivity index (χ4v) is 5.57. The van der Waals surface area contributed by atoms with E-state index in [-0.39, 0.29) is 18.5 Å². The molecule has 7 rings (SSSR count). The predicted molar refractivity (Wildman–Crippen MR) is 130 cm³/mol. The van der Waals surface area contributed by atoms with Crippen LogP contribution in [0.2, 0.25) is 0 Å². The Balaban J connectivity index is 1.34. The second-order valence-corrected chi connectivity index (χ2v) is 9.59. The molecule has 2 atom stereocenters. The summed E-state index contributed by atoms with van der Waals surface area (Å²) >= 11 is 0. The molecule has 3 aliphatic heterocycles. The van der Waals surface area contributed by atoms with Crippen molar-refractivity contribution in [3.05, 3.63) is 75.3 Å². The SMILES string of the molecule is O=c1[nH]c2cc3c(cc2cc1[C@H](c1nnnn1C[C@H]1CCCO1)N1CCc2ccccc2C1)OCO3. The Bertz CT molecular complexity index is 1490. The number of ether oxygens (including phenoxy) is 3. The van der Waals surface area contributed by atoms with Crippen LogP contribution in [0.25, 0.3) is 10.9 Å². The first-order valence-corrected chi connectivity index (χ1v) is 12.4. The predicted octanol–water partition coefficient (Wildman–Crippen LogP) is 2.57. The van der Waals surface area contributed by atoms with Gasteiger partial charge in [0.2, 0.25) is 6.79 Å². The van der Waals surface area contributed by atoms with Crippen molar-refractivity contribution in [3.63, 3.8) is 0 Å². The molecule has 0 radical (unpaired) electrons. The molecule has 184 valence electrons. The number of rotatable bonds is 5. The number of nitrogens with zero attached hydrogens (tertiary/aromatic N) is 5. The van der Waals surface area contributed by atoms with E-state index in [2.05, 4.69) is 49.7 Å². The van der Waals surface area contributed by atoms with Crippen LogP contribution in [0.3, 0.4) is 0 Å². The zero-order valence-electron chi connectivity index (χ0n) is 19.7. The van der Waals surface area contributed by atoms with Crippen LogP contribution >= 0.6 is 0 Å². The first-order valence-electron chi connectivity index (χ1n) is 12.4. The lowest BCUT2D eigenvalue weighted by atomic mass is 9.96. The lowest BCUT2D eigenvalue weighted by Gasteiger charge is -2.35. The number of H-pyrrole nitrogens is 1. The van der Waals surface area contributed by atoms with E-state index >= 15 is 0 Å². The Hall–Kier alpha value is -3.76. The van der Waals surface area contributed by atoms with Crippen molar-refractivity contribution in [3.8, 4) is 11.5 Å². The van der Waals surface area contributed by atoms with Gasteiger partial charge in [0.05, 0.1) is 18.2 Å². The molecule has 2 aromatic carbocycles. The molecule has 0 spiro atoms. The molecule has 10 heteroatoms. The van der Waals surface area contributed by atoms with Crippen LogP contribution in [0.4, 0.5) is 0 Å². The third-order valence-corrected chi connectivity index (χ3v) is 7.39. The van der Waals surface area contributed by atoms with Gasteiger partial charge in [-0.3, -0.25) is 9.69 Å². The maximum atomic E-state index is 13.6. The molecule has 1 N–H and O–H groups in total. The molecule has 1 saturated heterocycles. The molecule has 4 aromatic rings. The van der Waals surface area contributed by atoms with E-state index in [0.29, 0.717) is 41.5 Å². The topological polar surface area (TPSA) is 107 Å². The molecular weight excluding hydrogens is 460 g/mol. The zero-order chi connectivity index (χ0) is 24.1. The van der Waals surface area contributed by atoms with Crippen LogP contribution in [-0.2, 0) is 24.2 Å². The largest absolute Gasteiger partial charge is 0.454 e. The van der Waals surface area contributed by atoms with Gasteiger partial charge in [0.25, 0.3) is 5.56 Å². The summed E-state index contributed by atoms with van der Waals surface area (Å²) in [7, 11) is 0. The molecule has 0 unspecified atom stereocenters. The molecule has 36 heavy (non-hydrogen) atoms. The van der Waals surface area contributed by atoms with Gasteiger partial charge in [0.15, 0.2) is 17.3 Å². The molecule has 5 heterocycles. The van der Waals surface area contributed by atoms with E-state index in [1.165, 1.54) is 11.1 Å². The van der Waals surface area contributed by atoms with E-state index in [4.69, 9.17) is 14.2 Å². The number of aromatic nitrogens is 5. The number of nitrogens with one attached hydrogen (secondary N) is 1. The summed E-state index contributed by atoms with van der Waals surface area (Å²) in [6, 6.07) is 13.7. The average molecular weight is 487 g/mol. The minimum atomic E-state index is -0.423. The van der Waals surface area contributed by atoms with E-state index in [1.54, 1.807) is 0 Å². The maximum absolute atomic E-state index is 13.6. The molecule has 0 saturated carbocycles. The van der Waals surface area contributed by atoms with Crippen LogP contribution in [0.1, 0.15) is 41.4 Å². The molecule has 0 amide bonds. The van der Waals surface area contributed by atoms with Crippen LogP contribution in [0, 0.1) is 0 Å². The van der Waals surface area contributed by atoms with Gasteiger partial charge < -0.3 is 19.2 Å². The maximum Gasteiger partial charge on any atom is 0.253 e. The minimum Gasteiger partial charge on any atom is -0.454 e. The average Bonchev–Trinajstić information content (AvgIpc) is 3.67. The summed E-state index contributed by atoms with van der Waals surface area (Å²) < 4.78 is 18.7. The van der Waals surface area contributed by atoms with Crippen LogP contribution in [0.15, 0.2) is 47.3 Å². The van der Waals surface area contributed by atoms with Crippen molar-refractivity contribution < 1.29 is 14.2 Å². The zero-order valence-corrected chi connectivity index (χ0v) is 19.7. The Labute approximate surface area is 206 Å². The van der Waals surface area contributed by atoms with Gasteiger partial charge in [-0.15, -0.1) is 5.10 Å². The van der Waals surface area contributed by atoms with Crippen molar-refractivity contribution in [2.24, 2.45) is 0 Å². The highest BCUT2D eigenvalue weighted by Gasteiger charge is 2.33. The monoisotopic (exact) mass is 486 g/mol. The number of aromatic amines is 1. The summed E-state index contributed by atoms with van der Waals surface area (Å²) in [5.41, 5.74) is 3.73. The van der Waals surface area contributed by atoms with Gasteiger partial charge in [-0.1, -0.05) is 24.3 Å². The van der Waals surface area contributed by atoms with E-state index < -0.39 is 6.04 Å². The second kappa shape index (κ2) is 8.72. The fraction of sp³-hybridized carbons (Fsp3) is 0.385. The number of hydrogen-bond donors (Lipinski definition) is 1. The fourth-order valence-electron chi connectivity index (χ4n) is 5.57. The smallest absolute Gasteiger partial charge is 0.253 e. The highest BCUT2D eigenvalue weighted by atomic mass is 16.7. The summed E-state index contributed by atoms with van der Waals surface area (Å²) in [5, 5.41) is 13.6. The first kappa shape index (κ1) is 21.5. The second-order valence-electron chi connectivity index (χ2n) is 9.59. The van der Waals surface area contributed by atoms with Crippen molar-refractivity contribution in [1.29, 1.82) is 0 Å². The number of hydrogen-bond acceptors (Lipinski definition) is 8. The highest BCUT2D eigenvalue weighted by Crippen LogP contribution is 2.37. The standard InChI is InChI=1S/C26H26N6O4/c33-26-20(10-18-11-22-23(36-15-35-22)12-21(18)27-26)24(31-8-7-16-4-1-2-5-17(16)13-31)25-28-29-30-32(25)14-19-6-3-9-34-19/h1-2,4-5,10-12,19,24H,3,6-9,13-15H2,(H,27,33)/t19-,24-/m1/s1. The van der Waals surface area contributed by atoms with Gasteiger partial charge in [0, 0.05) is 36.7 Å². The molecule has 10 nitrogen and oxygen atoms in total. The van der Waals surface area contributed by atoms with Crippen molar-refractivity contribution in [2.45, 2.75) is 44.5 Å². The first-order chi connectivity index (χ1) is 17.7. The van der Waals surface area contributed by atoms with Crippen molar-refractivity contribution in [2.75, 3.05) is 19.9 Å². The number of benzene rings is 2. The quantitative estimate of drug-likeness (QED) is 0.459. The van der Waals surface area contributed by atoms with E-state index in [9.17, 15) is 4.79 Å². The van der Waals surface area contributed by atoms with Crippen LogP contribution in [-0.4, -0.2) is 56.1 Å². The van der Waals surface area contributed by atoms with Crippen LogP contribution < -0.4 is 15.0 Å². The molecule has 1 fully saturated rings. The van der Waals surface area contributed by atoms with Crippen LogP contribution in [0.5, 0.6) is 11.5 Å². The Kier molecular flexibility index (Phi) is 5.21. The Morgan fingerprint density at radius 3 is 2.83 bits per heavy atom. The molecule has 3 aliphatic rings. The van der Waals surface area contributed by atoms with Gasteiger partial charge in [0.1, 0.15) is 6.04 Å². The number of tetrazole rings is 1. The number of fused-ring (bicyclic) bond motifs is 3. The molecule has 2 aromatic heterocycles. The summed E-state index contributed by atoms with van der Waals surface area (Å²) in [6.07, 6.45) is 2.98. The Morgan fingerprint density at radius 2 is 1.97 bits per heavy atom. The summed E-state index contributed by atoms with van der Waals surface area (Å²) in [6.45, 7) is 2.98. The van der Waals surface area contributed by atoms with Gasteiger partial charge >= 0.3 is 0 Å². The van der Waals surface area contributed by atoms with Crippen molar-refractivity contribution >= 4 is 10.9 Å². The molecular formula is C26H26N6O4. The lowest BCUT2D eigenvalue weighted by molar-refractivity contribution is 0.0904. The normalized spacial score (nSPS) is 20.1. The number of pyridine rings is 1.